The SMILES string of the molecule is COCCC(CO)NC(C)c1ccc(C(=O)OC)o1. The van der Waals surface area contributed by atoms with Crippen LogP contribution in [0.1, 0.15) is 35.7 Å². The summed E-state index contributed by atoms with van der Waals surface area (Å²) in [6, 6.07) is 3.09. The molecule has 0 aliphatic heterocycles. The lowest BCUT2D eigenvalue weighted by molar-refractivity contribution is 0.0561. The molecule has 1 rings (SSSR count). The van der Waals surface area contributed by atoms with Crippen molar-refractivity contribution in [2.24, 2.45) is 0 Å². The highest BCUT2D eigenvalue weighted by Crippen LogP contribution is 2.17. The molecule has 0 fully saturated rings. The summed E-state index contributed by atoms with van der Waals surface area (Å²) >= 11 is 0. The summed E-state index contributed by atoms with van der Waals surface area (Å²) in [7, 11) is 2.92. The molecule has 2 N–H and O–H groups in total. The van der Waals surface area contributed by atoms with Gasteiger partial charge in [0.2, 0.25) is 5.76 Å². The van der Waals surface area contributed by atoms with Crippen LogP contribution in [0.15, 0.2) is 16.5 Å². The van der Waals surface area contributed by atoms with E-state index in [9.17, 15) is 9.90 Å². The van der Waals surface area contributed by atoms with Crippen molar-refractivity contribution in [3.63, 3.8) is 0 Å². The van der Waals surface area contributed by atoms with E-state index in [0.717, 1.165) is 0 Å². The van der Waals surface area contributed by atoms with Gasteiger partial charge in [0.05, 0.1) is 19.8 Å². The van der Waals surface area contributed by atoms with Crippen molar-refractivity contribution < 1.29 is 23.8 Å². The van der Waals surface area contributed by atoms with E-state index in [0.29, 0.717) is 18.8 Å². The van der Waals surface area contributed by atoms with Crippen molar-refractivity contribution in [2.45, 2.75) is 25.4 Å². The van der Waals surface area contributed by atoms with E-state index < -0.39 is 5.97 Å². The third kappa shape index (κ3) is 4.66. The molecule has 0 amide bonds. The first-order chi connectivity index (χ1) is 9.12. The van der Waals surface area contributed by atoms with Gasteiger partial charge in [-0.15, -0.1) is 0 Å². The van der Waals surface area contributed by atoms with E-state index in [2.05, 4.69) is 10.1 Å². The van der Waals surface area contributed by atoms with Crippen molar-refractivity contribution in [1.82, 2.24) is 5.32 Å². The first-order valence-electron chi connectivity index (χ1n) is 6.16. The number of methoxy groups -OCH3 is 2. The molecular formula is C13H21NO5. The molecule has 6 nitrogen and oxygen atoms in total. The van der Waals surface area contributed by atoms with E-state index in [1.165, 1.54) is 7.11 Å². The minimum Gasteiger partial charge on any atom is -0.463 e. The zero-order valence-corrected chi connectivity index (χ0v) is 11.5. The minimum atomic E-state index is -0.503. The number of aliphatic hydroxyl groups excluding tert-OH is 1. The maximum atomic E-state index is 11.3. The second kappa shape index (κ2) is 7.93. The molecule has 0 spiro atoms. The number of carbonyl (C=O) groups excluding carboxylic acids is 1. The van der Waals surface area contributed by atoms with Gasteiger partial charge in [0.15, 0.2) is 0 Å². The van der Waals surface area contributed by atoms with Crippen LogP contribution in [-0.4, -0.2) is 44.6 Å². The third-order valence-corrected chi connectivity index (χ3v) is 2.82. The first kappa shape index (κ1) is 15.7. The van der Waals surface area contributed by atoms with Gasteiger partial charge in [0.25, 0.3) is 0 Å². The molecule has 108 valence electrons. The van der Waals surface area contributed by atoms with Crippen LogP contribution in [-0.2, 0) is 9.47 Å². The zero-order chi connectivity index (χ0) is 14.3. The molecule has 1 aromatic heterocycles. The first-order valence-corrected chi connectivity index (χ1v) is 6.16. The molecule has 2 atom stereocenters. The van der Waals surface area contributed by atoms with Gasteiger partial charge in [-0.25, -0.2) is 4.79 Å². The highest BCUT2D eigenvalue weighted by molar-refractivity contribution is 5.86. The summed E-state index contributed by atoms with van der Waals surface area (Å²) in [6.07, 6.45) is 0.696. The van der Waals surface area contributed by atoms with Crippen molar-refractivity contribution >= 4 is 5.97 Å². The summed E-state index contributed by atoms with van der Waals surface area (Å²) < 4.78 is 14.9. The maximum absolute atomic E-state index is 11.3. The second-order valence-corrected chi connectivity index (χ2v) is 4.24. The predicted octanol–water partition coefficient (Wildman–Crippen LogP) is 1.11. The molecule has 1 aromatic rings. The van der Waals surface area contributed by atoms with Gasteiger partial charge < -0.3 is 24.3 Å². The topological polar surface area (TPSA) is 80.9 Å². The molecular weight excluding hydrogens is 250 g/mol. The van der Waals surface area contributed by atoms with E-state index in [1.54, 1.807) is 19.2 Å². The van der Waals surface area contributed by atoms with E-state index in [1.807, 2.05) is 6.92 Å². The number of nitrogens with one attached hydrogen (secondary N) is 1. The quantitative estimate of drug-likeness (QED) is 0.689. The largest absolute Gasteiger partial charge is 0.463 e. The number of ether oxygens (including phenoxy) is 2. The number of hydrogen-bond acceptors (Lipinski definition) is 6. The van der Waals surface area contributed by atoms with Crippen LogP contribution in [0.4, 0.5) is 0 Å². The number of hydrogen-bond donors (Lipinski definition) is 2. The lowest BCUT2D eigenvalue weighted by Gasteiger charge is -2.20. The Morgan fingerprint density at radius 2 is 2.21 bits per heavy atom. The smallest absolute Gasteiger partial charge is 0.373 e. The Hall–Kier alpha value is -1.37. The maximum Gasteiger partial charge on any atom is 0.373 e. The molecule has 0 aliphatic carbocycles. The molecule has 6 heteroatoms. The van der Waals surface area contributed by atoms with E-state index in [4.69, 9.17) is 9.15 Å². The normalized spacial score (nSPS) is 14.1. The fourth-order valence-electron chi connectivity index (χ4n) is 1.72. The average molecular weight is 271 g/mol. The summed E-state index contributed by atoms with van der Waals surface area (Å²) in [5.74, 6) is 0.288. The number of carbonyl (C=O) groups is 1. The highest BCUT2D eigenvalue weighted by Gasteiger charge is 2.18. The number of furan rings is 1. The minimum absolute atomic E-state index is 0.0122. The molecule has 0 saturated carbocycles. The Balaban J connectivity index is 2.58. The van der Waals surface area contributed by atoms with Crippen LogP contribution in [0.25, 0.3) is 0 Å². The zero-order valence-electron chi connectivity index (χ0n) is 11.5. The average Bonchev–Trinajstić information content (AvgIpc) is 2.92. The highest BCUT2D eigenvalue weighted by atomic mass is 16.5. The van der Waals surface area contributed by atoms with Crippen LogP contribution >= 0.6 is 0 Å². The Morgan fingerprint density at radius 3 is 2.79 bits per heavy atom. The fraction of sp³-hybridized carbons (Fsp3) is 0.615. The lowest BCUT2D eigenvalue weighted by Crippen LogP contribution is -2.35. The molecule has 19 heavy (non-hydrogen) atoms. The molecule has 0 bridgehead atoms. The van der Waals surface area contributed by atoms with Gasteiger partial charge >= 0.3 is 5.97 Å². The van der Waals surface area contributed by atoms with Crippen molar-refractivity contribution in [1.29, 1.82) is 0 Å². The van der Waals surface area contributed by atoms with E-state index in [-0.39, 0.29) is 24.5 Å². The molecule has 0 aromatic carbocycles. The van der Waals surface area contributed by atoms with Gasteiger partial charge in [-0.05, 0) is 25.5 Å². The Kier molecular flexibility index (Phi) is 6.55. The predicted molar refractivity (Wildman–Crippen MR) is 69.0 cm³/mol. The van der Waals surface area contributed by atoms with Crippen LogP contribution < -0.4 is 5.32 Å². The van der Waals surface area contributed by atoms with Crippen LogP contribution in [0.5, 0.6) is 0 Å². The molecule has 0 radical (unpaired) electrons. The molecule has 0 aliphatic rings. The third-order valence-electron chi connectivity index (χ3n) is 2.82. The summed E-state index contributed by atoms with van der Waals surface area (Å²) in [4.78, 5) is 11.3. The van der Waals surface area contributed by atoms with Gasteiger partial charge in [-0.3, -0.25) is 0 Å². The van der Waals surface area contributed by atoms with Crippen molar-refractivity contribution in [2.75, 3.05) is 27.4 Å². The summed E-state index contributed by atoms with van der Waals surface area (Å²) in [5.41, 5.74) is 0. The fourth-order valence-corrected chi connectivity index (χ4v) is 1.72. The summed E-state index contributed by atoms with van der Waals surface area (Å²) in [5, 5.41) is 12.5. The Morgan fingerprint density at radius 1 is 1.47 bits per heavy atom. The van der Waals surface area contributed by atoms with Gasteiger partial charge in [-0.1, -0.05) is 0 Å². The van der Waals surface area contributed by atoms with Gasteiger partial charge in [0.1, 0.15) is 5.76 Å². The number of esters is 1. The van der Waals surface area contributed by atoms with E-state index >= 15 is 0 Å². The summed E-state index contributed by atoms with van der Waals surface area (Å²) in [6.45, 7) is 2.48. The Labute approximate surface area is 112 Å². The monoisotopic (exact) mass is 271 g/mol. The van der Waals surface area contributed by atoms with Crippen LogP contribution in [0.3, 0.4) is 0 Å². The van der Waals surface area contributed by atoms with Crippen molar-refractivity contribution in [3.05, 3.63) is 23.7 Å². The standard InChI is InChI=1S/C13H21NO5/c1-9(14-10(8-15)6-7-17-2)11-4-5-12(19-11)13(16)18-3/h4-5,9-10,14-15H,6-8H2,1-3H3. The molecule has 2 unspecified atom stereocenters. The van der Waals surface area contributed by atoms with Gasteiger partial charge in [-0.2, -0.15) is 0 Å². The van der Waals surface area contributed by atoms with Crippen LogP contribution in [0.2, 0.25) is 0 Å². The molecule has 0 saturated heterocycles. The van der Waals surface area contributed by atoms with Crippen molar-refractivity contribution in [3.8, 4) is 0 Å². The van der Waals surface area contributed by atoms with Gasteiger partial charge in [0, 0.05) is 19.8 Å². The second-order valence-electron chi connectivity index (χ2n) is 4.24. The number of rotatable bonds is 8. The molecule has 1 heterocycles. The lowest BCUT2D eigenvalue weighted by atomic mass is 10.1. The number of aliphatic hydroxyl groups is 1. The van der Waals surface area contributed by atoms with Crippen LogP contribution in [0, 0.1) is 0 Å². The Bertz CT molecular complexity index is 390.